The fourth-order valence-electron chi connectivity index (χ4n) is 4.16. The third-order valence-corrected chi connectivity index (χ3v) is 5.54. The van der Waals surface area contributed by atoms with E-state index in [1.54, 1.807) is 6.20 Å². The SMILES string of the molecule is O=C1Cc2cc(-c3cc(O[C@H]4CN5CCC4CC5)cnn3)ccc2N1. The molecular weight excluding hydrogens is 316 g/mol. The van der Waals surface area contributed by atoms with Gasteiger partial charge in [0.25, 0.3) is 0 Å². The molecule has 0 aliphatic carbocycles. The number of aromatic nitrogens is 2. The molecule has 128 valence electrons. The van der Waals surface area contributed by atoms with Crippen LogP contribution < -0.4 is 10.1 Å². The summed E-state index contributed by atoms with van der Waals surface area (Å²) in [4.78, 5) is 14.0. The van der Waals surface area contributed by atoms with Gasteiger partial charge in [-0.05, 0) is 49.5 Å². The van der Waals surface area contributed by atoms with E-state index in [0.29, 0.717) is 12.3 Å². The molecule has 1 aromatic carbocycles. The van der Waals surface area contributed by atoms with E-state index >= 15 is 0 Å². The zero-order valence-electron chi connectivity index (χ0n) is 13.9. The Kier molecular flexibility index (Phi) is 3.45. The van der Waals surface area contributed by atoms with Crippen molar-refractivity contribution < 1.29 is 9.53 Å². The molecule has 1 aromatic heterocycles. The highest BCUT2D eigenvalue weighted by molar-refractivity contribution is 5.99. The number of fused-ring (bicyclic) bond motifs is 4. The lowest BCUT2D eigenvalue weighted by Gasteiger charge is -2.44. The molecule has 2 bridgehead atoms. The summed E-state index contributed by atoms with van der Waals surface area (Å²) in [6.07, 6.45) is 4.82. The van der Waals surface area contributed by atoms with Crippen LogP contribution >= 0.6 is 0 Å². The number of rotatable bonds is 3. The van der Waals surface area contributed by atoms with Crippen molar-refractivity contribution in [3.05, 3.63) is 36.0 Å². The normalized spacial score (nSPS) is 27.0. The molecule has 3 fully saturated rings. The number of piperidine rings is 3. The third-order valence-electron chi connectivity index (χ3n) is 5.54. The molecule has 5 heterocycles. The van der Waals surface area contributed by atoms with Gasteiger partial charge in [0, 0.05) is 23.9 Å². The standard InChI is InChI=1S/C19H20N4O2/c24-19-8-14-7-13(1-2-16(14)21-19)17-9-15(10-20-22-17)25-18-11-23-5-3-12(18)4-6-23/h1-2,7,9-10,12,18H,3-6,8,11H2,(H,21,24)/t18-/m0/s1. The number of amides is 1. The van der Waals surface area contributed by atoms with Crippen LogP contribution in [0.2, 0.25) is 0 Å². The molecule has 6 heteroatoms. The minimum Gasteiger partial charge on any atom is -0.487 e. The van der Waals surface area contributed by atoms with Crippen LogP contribution in [0.25, 0.3) is 11.3 Å². The first-order valence-electron chi connectivity index (χ1n) is 8.89. The monoisotopic (exact) mass is 336 g/mol. The average Bonchev–Trinajstić information content (AvgIpc) is 3.02. The summed E-state index contributed by atoms with van der Waals surface area (Å²) in [6.45, 7) is 3.41. The van der Waals surface area contributed by atoms with E-state index in [4.69, 9.17) is 4.74 Å². The molecule has 6 rings (SSSR count). The Hall–Kier alpha value is -2.47. The van der Waals surface area contributed by atoms with E-state index < -0.39 is 0 Å². The summed E-state index contributed by atoms with van der Waals surface area (Å²) >= 11 is 0. The molecule has 4 aliphatic heterocycles. The molecular formula is C19H20N4O2. The molecule has 2 aromatic rings. The second kappa shape index (κ2) is 5.81. The second-order valence-electron chi connectivity index (χ2n) is 7.17. The molecule has 0 unspecified atom stereocenters. The minimum atomic E-state index is 0.0395. The molecule has 1 atom stereocenters. The summed E-state index contributed by atoms with van der Waals surface area (Å²) in [5.41, 5.74) is 3.64. The van der Waals surface area contributed by atoms with Crippen molar-refractivity contribution in [2.45, 2.75) is 25.4 Å². The number of benzene rings is 1. The number of carbonyl (C=O) groups excluding carboxylic acids is 1. The van der Waals surface area contributed by atoms with E-state index in [1.165, 1.54) is 25.9 Å². The number of hydrogen-bond acceptors (Lipinski definition) is 5. The van der Waals surface area contributed by atoms with Gasteiger partial charge in [0.15, 0.2) is 0 Å². The molecule has 3 saturated heterocycles. The summed E-state index contributed by atoms with van der Waals surface area (Å²) < 4.78 is 6.25. The van der Waals surface area contributed by atoms with Crippen LogP contribution in [0.15, 0.2) is 30.5 Å². The highest BCUT2D eigenvalue weighted by Gasteiger charge is 2.35. The summed E-state index contributed by atoms with van der Waals surface area (Å²) in [7, 11) is 0. The Bertz CT molecular complexity index is 830. The van der Waals surface area contributed by atoms with Gasteiger partial charge in [-0.1, -0.05) is 6.07 Å². The summed E-state index contributed by atoms with van der Waals surface area (Å²) in [5.74, 6) is 1.47. The van der Waals surface area contributed by atoms with Crippen LogP contribution in [0.3, 0.4) is 0 Å². The molecule has 0 radical (unpaired) electrons. The van der Waals surface area contributed by atoms with Crippen LogP contribution in [0.5, 0.6) is 5.75 Å². The number of carbonyl (C=O) groups is 1. The predicted octanol–water partition coefficient (Wildman–Crippen LogP) is 2.11. The van der Waals surface area contributed by atoms with Crippen LogP contribution in [0.1, 0.15) is 18.4 Å². The maximum Gasteiger partial charge on any atom is 0.228 e. The first-order valence-corrected chi connectivity index (χ1v) is 8.89. The van der Waals surface area contributed by atoms with Crippen molar-refractivity contribution in [3.8, 4) is 17.0 Å². The lowest BCUT2D eigenvalue weighted by Crippen LogP contribution is -2.52. The average molecular weight is 336 g/mol. The molecule has 25 heavy (non-hydrogen) atoms. The Morgan fingerprint density at radius 3 is 2.88 bits per heavy atom. The molecule has 0 spiro atoms. The van der Waals surface area contributed by atoms with Gasteiger partial charge in [0.1, 0.15) is 11.9 Å². The van der Waals surface area contributed by atoms with E-state index in [2.05, 4.69) is 20.4 Å². The van der Waals surface area contributed by atoms with Crippen molar-refractivity contribution in [2.75, 3.05) is 25.0 Å². The molecule has 0 saturated carbocycles. The highest BCUT2D eigenvalue weighted by Crippen LogP contribution is 2.32. The number of anilines is 1. The zero-order valence-corrected chi connectivity index (χ0v) is 13.9. The van der Waals surface area contributed by atoms with Gasteiger partial charge < -0.3 is 10.1 Å². The number of ether oxygens (including phenoxy) is 1. The van der Waals surface area contributed by atoms with Crippen LogP contribution in [-0.2, 0) is 11.2 Å². The summed E-state index contributed by atoms with van der Waals surface area (Å²) in [5, 5.41) is 11.2. The Labute approximate surface area is 146 Å². The smallest absolute Gasteiger partial charge is 0.228 e. The van der Waals surface area contributed by atoms with Gasteiger partial charge in [-0.25, -0.2) is 0 Å². The van der Waals surface area contributed by atoms with E-state index in [9.17, 15) is 4.79 Å². The van der Waals surface area contributed by atoms with Crippen molar-refractivity contribution in [3.63, 3.8) is 0 Å². The van der Waals surface area contributed by atoms with Crippen molar-refractivity contribution in [1.82, 2.24) is 15.1 Å². The van der Waals surface area contributed by atoms with Crippen LogP contribution in [-0.4, -0.2) is 46.7 Å². The number of hydrogen-bond donors (Lipinski definition) is 1. The van der Waals surface area contributed by atoms with Crippen molar-refractivity contribution in [1.29, 1.82) is 0 Å². The van der Waals surface area contributed by atoms with Gasteiger partial charge >= 0.3 is 0 Å². The summed E-state index contributed by atoms with van der Waals surface area (Å²) in [6, 6.07) is 7.86. The minimum absolute atomic E-state index is 0.0395. The van der Waals surface area contributed by atoms with Crippen LogP contribution in [0, 0.1) is 5.92 Å². The Balaban J connectivity index is 1.38. The second-order valence-corrected chi connectivity index (χ2v) is 7.17. The molecule has 6 nitrogen and oxygen atoms in total. The third kappa shape index (κ3) is 2.76. The highest BCUT2D eigenvalue weighted by atomic mass is 16.5. The Morgan fingerprint density at radius 2 is 2.08 bits per heavy atom. The van der Waals surface area contributed by atoms with Gasteiger partial charge in [0.05, 0.1) is 18.3 Å². The largest absolute Gasteiger partial charge is 0.487 e. The number of nitrogens with one attached hydrogen (secondary N) is 1. The van der Waals surface area contributed by atoms with Gasteiger partial charge in [0.2, 0.25) is 5.91 Å². The van der Waals surface area contributed by atoms with Gasteiger partial charge in [-0.3, -0.25) is 9.69 Å². The lowest BCUT2D eigenvalue weighted by molar-refractivity contribution is -0.115. The maximum atomic E-state index is 11.5. The predicted molar refractivity (Wildman–Crippen MR) is 93.4 cm³/mol. The van der Waals surface area contributed by atoms with Crippen molar-refractivity contribution >= 4 is 11.6 Å². The number of nitrogens with zero attached hydrogens (tertiary/aromatic N) is 3. The van der Waals surface area contributed by atoms with Crippen molar-refractivity contribution in [2.24, 2.45) is 5.92 Å². The fourth-order valence-corrected chi connectivity index (χ4v) is 4.16. The van der Waals surface area contributed by atoms with Gasteiger partial charge in [-0.15, -0.1) is 0 Å². The molecule has 1 N–H and O–H groups in total. The molecule has 4 aliphatic rings. The van der Waals surface area contributed by atoms with E-state index in [0.717, 1.165) is 34.8 Å². The first kappa shape index (κ1) is 14.8. The Morgan fingerprint density at radius 1 is 1.20 bits per heavy atom. The topological polar surface area (TPSA) is 67.3 Å². The fraction of sp³-hybridized carbons (Fsp3) is 0.421. The van der Waals surface area contributed by atoms with Crippen LogP contribution in [0.4, 0.5) is 5.69 Å². The molecule has 1 amide bonds. The zero-order chi connectivity index (χ0) is 16.8. The lowest BCUT2D eigenvalue weighted by atomic mass is 9.86. The van der Waals surface area contributed by atoms with Gasteiger partial charge in [-0.2, -0.15) is 10.2 Å². The quantitative estimate of drug-likeness (QED) is 0.930. The van der Waals surface area contributed by atoms with E-state index in [1.807, 2.05) is 24.3 Å². The first-order chi connectivity index (χ1) is 12.2. The van der Waals surface area contributed by atoms with E-state index in [-0.39, 0.29) is 12.0 Å². The maximum absolute atomic E-state index is 11.5.